The maximum Gasteiger partial charge on any atom is 0.335 e. The molecule has 98 valence electrons. The summed E-state index contributed by atoms with van der Waals surface area (Å²) in [4.78, 5) is 17.3. The summed E-state index contributed by atoms with van der Waals surface area (Å²) in [6, 6.07) is 10.8. The first kappa shape index (κ1) is 12.2. The Hall–Kier alpha value is -2.87. The molecule has 3 rings (SSSR count). The Morgan fingerprint density at radius 1 is 1.25 bits per heavy atom. The molecule has 0 aliphatic carbocycles. The lowest BCUT2D eigenvalue weighted by molar-refractivity contribution is 0.0697. The maximum atomic E-state index is 11.0. The van der Waals surface area contributed by atoms with E-state index >= 15 is 0 Å². The number of fused-ring (bicyclic) bond motifs is 1. The van der Waals surface area contributed by atoms with Gasteiger partial charge >= 0.3 is 5.97 Å². The number of aromatic nitrogens is 1. The number of hydrogen-bond donors (Lipinski definition) is 1. The second-order valence-corrected chi connectivity index (χ2v) is 4.66. The third kappa shape index (κ3) is 2.08. The molecule has 1 aliphatic heterocycles. The topological polar surface area (TPSA) is 77.2 Å². The summed E-state index contributed by atoms with van der Waals surface area (Å²) in [5.74, 6) is -0.125. The Morgan fingerprint density at radius 3 is 2.70 bits per heavy atom. The first-order valence-electron chi connectivity index (χ1n) is 6.13. The minimum atomic E-state index is -0.914. The van der Waals surface area contributed by atoms with E-state index < -0.39 is 5.97 Å². The second-order valence-electron chi connectivity index (χ2n) is 4.66. The van der Waals surface area contributed by atoms with Crippen LogP contribution in [0.25, 0.3) is 0 Å². The molecule has 0 saturated carbocycles. The molecule has 0 saturated heterocycles. The van der Waals surface area contributed by atoms with Crippen LogP contribution in [0.4, 0.5) is 5.82 Å². The lowest BCUT2D eigenvalue weighted by Crippen LogP contribution is -2.15. The normalized spacial score (nSPS) is 12.8. The number of nitriles is 1. The Labute approximate surface area is 115 Å². The third-order valence-corrected chi connectivity index (χ3v) is 3.38. The lowest BCUT2D eigenvalue weighted by atomic mass is 10.1. The van der Waals surface area contributed by atoms with Gasteiger partial charge in [-0.3, -0.25) is 0 Å². The first-order chi connectivity index (χ1) is 9.67. The number of aromatic carboxylic acids is 1. The molecule has 1 N–H and O–H groups in total. The molecule has 0 radical (unpaired) electrons. The fraction of sp³-hybridized carbons (Fsp3) is 0.133. The zero-order valence-electron chi connectivity index (χ0n) is 10.6. The minimum Gasteiger partial charge on any atom is -0.478 e. The van der Waals surface area contributed by atoms with E-state index in [9.17, 15) is 4.79 Å². The second kappa shape index (κ2) is 4.67. The van der Waals surface area contributed by atoms with Crippen molar-refractivity contribution in [1.29, 1.82) is 5.26 Å². The highest BCUT2D eigenvalue weighted by molar-refractivity contribution is 5.88. The van der Waals surface area contributed by atoms with Gasteiger partial charge < -0.3 is 10.0 Å². The van der Waals surface area contributed by atoms with Crippen LogP contribution in [0.2, 0.25) is 0 Å². The first-order valence-corrected chi connectivity index (χ1v) is 6.13. The van der Waals surface area contributed by atoms with Crippen molar-refractivity contribution in [3.8, 4) is 6.07 Å². The minimum absolute atomic E-state index is 0.304. The van der Waals surface area contributed by atoms with Crippen LogP contribution in [0.1, 0.15) is 27.0 Å². The third-order valence-electron chi connectivity index (χ3n) is 3.38. The van der Waals surface area contributed by atoms with E-state index in [1.807, 2.05) is 18.2 Å². The van der Waals surface area contributed by atoms with Gasteiger partial charge in [0.15, 0.2) is 0 Å². The maximum absolute atomic E-state index is 11.0. The van der Waals surface area contributed by atoms with Crippen LogP contribution in [0.5, 0.6) is 0 Å². The van der Waals surface area contributed by atoms with Crippen LogP contribution >= 0.6 is 0 Å². The standard InChI is InChI=1S/C15H11N3O2/c16-6-10-1-4-14(17-7-10)18-8-12-3-2-11(15(19)20)5-13(12)9-18/h1-5,7H,8-9H2,(H,19,20). The smallest absolute Gasteiger partial charge is 0.335 e. The van der Waals surface area contributed by atoms with Crippen molar-refractivity contribution in [1.82, 2.24) is 4.98 Å². The summed E-state index contributed by atoms with van der Waals surface area (Å²) in [6.45, 7) is 1.34. The van der Waals surface area contributed by atoms with E-state index in [4.69, 9.17) is 10.4 Å². The van der Waals surface area contributed by atoms with Crippen molar-refractivity contribution in [2.75, 3.05) is 4.90 Å². The van der Waals surface area contributed by atoms with Crippen molar-refractivity contribution in [2.45, 2.75) is 13.1 Å². The fourth-order valence-electron chi connectivity index (χ4n) is 2.33. The molecule has 2 heterocycles. The number of carboxylic acids is 1. The average molecular weight is 265 g/mol. The number of carboxylic acid groups (broad SMARTS) is 1. The van der Waals surface area contributed by atoms with Crippen LogP contribution in [0.3, 0.4) is 0 Å². The number of carbonyl (C=O) groups is 1. The summed E-state index contributed by atoms with van der Waals surface area (Å²) in [7, 11) is 0. The van der Waals surface area contributed by atoms with Crippen LogP contribution in [0, 0.1) is 11.3 Å². The Kier molecular flexibility index (Phi) is 2.84. The number of hydrogen-bond acceptors (Lipinski definition) is 4. The van der Waals surface area contributed by atoms with Gasteiger partial charge in [0.2, 0.25) is 0 Å². The zero-order valence-corrected chi connectivity index (χ0v) is 10.6. The molecule has 0 spiro atoms. The van der Waals surface area contributed by atoms with E-state index in [2.05, 4.69) is 9.88 Å². The van der Waals surface area contributed by atoms with Crippen LogP contribution in [0.15, 0.2) is 36.5 Å². The fourth-order valence-corrected chi connectivity index (χ4v) is 2.33. The number of pyridine rings is 1. The summed E-state index contributed by atoms with van der Waals surface area (Å²) in [5, 5.41) is 17.8. The average Bonchev–Trinajstić information content (AvgIpc) is 2.90. The molecular weight excluding hydrogens is 254 g/mol. The van der Waals surface area contributed by atoms with Gasteiger partial charge in [-0.15, -0.1) is 0 Å². The number of nitrogens with zero attached hydrogens (tertiary/aromatic N) is 3. The largest absolute Gasteiger partial charge is 0.478 e. The van der Waals surface area contributed by atoms with Crippen molar-refractivity contribution in [2.24, 2.45) is 0 Å². The Morgan fingerprint density at radius 2 is 2.05 bits per heavy atom. The molecule has 0 bridgehead atoms. The van der Waals surface area contributed by atoms with E-state index in [0.717, 1.165) is 16.9 Å². The van der Waals surface area contributed by atoms with Crippen LogP contribution < -0.4 is 4.90 Å². The number of benzene rings is 1. The SMILES string of the molecule is N#Cc1ccc(N2Cc3ccc(C(=O)O)cc3C2)nc1. The molecule has 1 aromatic heterocycles. The van der Waals surface area contributed by atoms with E-state index in [-0.39, 0.29) is 0 Å². The predicted molar refractivity (Wildman–Crippen MR) is 72.2 cm³/mol. The lowest BCUT2D eigenvalue weighted by Gasteiger charge is -2.15. The number of anilines is 1. The molecule has 20 heavy (non-hydrogen) atoms. The molecule has 1 aromatic carbocycles. The van der Waals surface area contributed by atoms with E-state index in [0.29, 0.717) is 24.2 Å². The summed E-state index contributed by atoms with van der Waals surface area (Å²) < 4.78 is 0. The molecule has 1 aliphatic rings. The Bertz CT molecular complexity index is 717. The highest BCUT2D eigenvalue weighted by Crippen LogP contribution is 2.27. The van der Waals surface area contributed by atoms with Crippen LogP contribution in [-0.2, 0) is 13.1 Å². The molecule has 2 aromatic rings. The van der Waals surface area contributed by atoms with Crippen molar-refractivity contribution in [3.05, 3.63) is 58.8 Å². The number of rotatable bonds is 2. The van der Waals surface area contributed by atoms with Crippen molar-refractivity contribution < 1.29 is 9.90 Å². The molecule has 0 atom stereocenters. The molecule has 0 unspecified atom stereocenters. The Balaban J connectivity index is 1.86. The molecular formula is C15H11N3O2. The van der Waals surface area contributed by atoms with Gasteiger partial charge in [-0.25, -0.2) is 9.78 Å². The van der Waals surface area contributed by atoms with E-state index in [1.54, 1.807) is 24.4 Å². The van der Waals surface area contributed by atoms with Gasteiger partial charge in [0.05, 0.1) is 11.1 Å². The molecule has 0 fully saturated rings. The van der Waals surface area contributed by atoms with Crippen molar-refractivity contribution >= 4 is 11.8 Å². The molecule has 5 nitrogen and oxygen atoms in total. The van der Waals surface area contributed by atoms with Gasteiger partial charge in [-0.1, -0.05) is 6.07 Å². The van der Waals surface area contributed by atoms with Gasteiger partial charge in [-0.05, 0) is 35.4 Å². The van der Waals surface area contributed by atoms with Gasteiger partial charge in [0.1, 0.15) is 11.9 Å². The summed E-state index contributed by atoms with van der Waals surface area (Å²) in [6.07, 6.45) is 1.54. The van der Waals surface area contributed by atoms with E-state index in [1.165, 1.54) is 0 Å². The van der Waals surface area contributed by atoms with Crippen LogP contribution in [-0.4, -0.2) is 16.1 Å². The summed E-state index contributed by atoms with van der Waals surface area (Å²) >= 11 is 0. The monoisotopic (exact) mass is 265 g/mol. The highest BCUT2D eigenvalue weighted by Gasteiger charge is 2.21. The van der Waals surface area contributed by atoms with Gasteiger partial charge in [-0.2, -0.15) is 5.26 Å². The van der Waals surface area contributed by atoms with Gasteiger partial charge in [0, 0.05) is 19.3 Å². The molecule has 5 heteroatoms. The molecule has 0 amide bonds. The zero-order chi connectivity index (χ0) is 14.1. The highest BCUT2D eigenvalue weighted by atomic mass is 16.4. The van der Waals surface area contributed by atoms with Crippen molar-refractivity contribution in [3.63, 3.8) is 0 Å². The van der Waals surface area contributed by atoms with Gasteiger partial charge in [0.25, 0.3) is 0 Å². The summed E-state index contributed by atoms with van der Waals surface area (Å²) in [5.41, 5.74) is 2.95. The predicted octanol–water partition coefficient (Wildman–Crippen LogP) is 2.17. The quantitative estimate of drug-likeness (QED) is 0.900.